The van der Waals surface area contributed by atoms with Crippen LogP contribution in [0.2, 0.25) is 0 Å². The summed E-state index contributed by atoms with van der Waals surface area (Å²) in [7, 11) is 3.35. The maximum absolute atomic E-state index is 9.18. The Morgan fingerprint density at radius 3 is 2.65 bits per heavy atom. The van der Waals surface area contributed by atoms with Gasteiger partial charge in [-0.05, 0) is 19.1 Å². The molecule has 0 unspecified atom stereocenters. The van der Waals surface area contributed by atoms with Crippen molar-refractivity contribution in [1.29, 1.82) is 5.26 Å². The third kappa shape index (κ3) is 2.78. The van der Waals surface area contributed by atoms with Crippen molar-refractivity contribution >= 4 is 17.3 Å². The summed E-state index contributed by atoms with van der Waals surface area (Å²) in [5, 5.41) is 15.3. The number of benzene rings is 1. The molecule has 1 aromatic carbocycles. The molecule has 0 bridgehead atoms. The van der Waals surface area contributed by atoms with Crippen molar-refractivity contribution in [1.82, 2.24) is 9.97 Å². The van der Waals surface area contributed by atoms with Gasteiger partial charge in [-0.1, -0.05) is 6.07 Å². The molecule has 0 spiro atoms. The fourth-order valence-corrected chi connectivity index (χ4v) is 1.81. The van der Waals surface area contributed by atoms with E-state index in [0.29, 0.717) is 34.5 Å². The maximum Gasteiger partial charge on any atom is 0.143 e. The summed E-state index contributed by atoms with van der Waals surface area (Å²) >= 11 is 0. The Balaban J connectivity index is 2.44. The number of para-hydroxylation sites is 1. The minimum Gasteiger partial charge on any atom is -0.495 e. The Morgan fingerprint density at radius 1 is 1.25 bits per heavy atom. The van der Waals surface area contributed by atoms with Gasteiger partial charge in [0, 0.05) is 13.1 Å². The summed E-state index contributed by atoms with van der Waals surface area (Å²) in [5.74, 6) is 2.52. The number of hydrogen-bond donors (Lipinski definition) is 2. The molecule has 0 saturated heterocycles. The molecule has 1 aromatic heterocycles. The van der Waals surface area contributed by atoms with E-state index in [2.05, 4.69) is 26.7 Å². The minimum atomic E-state index is 0.492. The van der Waals surface area contributed by atoms with E-state index in [1.165, 1.54) is 0 Å². The predicted octanol–water partition coefficient (Wildman–Crippen LogP) is 2.45. The van der Waals surface area contributed by atoms with Gasteiger partial charge in [-0.3, -0.25) is 0 Å². The lowest BCUT2D eigenvalue weighted by atomic mass is 10.2. The molecule has 0 amide bonds. The first kappa shape index (κ1) is 13.6. The Kier molecular flexibility index (Phi) is 4.01. The highest BCUT2D eigenvalue weighted by Gasteiger charge is 2.10. The fraction of sp³-hybridized carbons (Fsp3) is 0.214. The number of ether oxygens (including phenoxy) is 1. The van der Waals surface area contributed by atoms with Crippen LogP contribution in [-0.4, -0.2) is 24.1 Å². The number of nitriles is 1. The lowest BCUT2D eigenvalue weighted by Gasteiger charge is -2.13. The number of rotatable bonds is 4. The molecule has 0 atom stereocenters. The van der Waals surface area contributed by atoms with Crippen molar-refractivity contribution in [2.75, 3.05) is 24.8 Å². The predicted molar refractivity (Wildman–Crippen MR) is 77.3 cm³/mol. The van der Waals surface area contributed by atoms with Crippen LogP contribution in [0.1, 0.15) is 11.4 Å². The summed E-state index contributed by atoms with van der Waals surface area (Å²) < 4.78 is 5.27. The van der Waals surface area contributed by atoms with Crippen LogP contribution in [0, 0.1) is 18.3 Å². The van der Waals surface area contributed by atoms with E-state index < -0.39 is 0 Å². The van der Waals surface area contributed by atoms with E-state index in [0.717, 1.165) is 0 Å². The van der Waals surface area contributed by atoms with Crippen LogP contribution >= 0.6 is 0 Å². The first-order valence-corrected chi connectivity index (χ1v) is 6.05. The van der Waals surface area contributed by atoms with E-state index in [1.54, 1.807) is 45.3 Å². The number of anilines is 3. The minimum absolute atomic E-state index is 0.492. The van der Waals surface area contributed by atoms with Gasteiger partial charge < -0.3 is 15.4 Å². The van der Waals surface area contributed by atoms with E-state index in [1.807, 2.05) is 0 Å². The Hall–Kier alpha value is -2.81. The van der Waals surface area contributed by atoms with Crippen LogP contribution in [0.3, 0.4) is 0 Å². The lowest BCUT2D eigenvalue weighted by molar-refractivity contribution is 0.416. The van der Waals surface area contributed by atoms with Gasteiger partial charge >= 0.3 is 0 Å². The van der Waals surface area contributed by atoms with E-state index >= 15 is 0 Å². The van der Waals surface area contributed by atoms with E-state index in [9.17, 15) is 5.26 Å². The Morgan fingerprint density at radius 2 is 2.00 bits per heavy atom. The van der Waals surface area contributed by atoms with Crippen molar-refractivity contribution < 1.29 is 4.74 Å². The molecule has 0 radical (unpaired) electrons. The monoisotopic (exact) mass is 269 g/mol. The van der Waals surface area contributed by atoms with Crippen LogP contribution in [0.5, 0.6) is 5.75 Å². The molecule has 0 aliphatic carbocycles. The second-order valence-electron chi connectivity index (χ2n) is 4.06. The van der Waals surface area contributed by atoms with Crippen molar-refractivity contribution in [3.05, 3.63) is 35.7 Å². The number of aryl methyl sites for hydroxylation is 1. The van der Waals surface area contributed by atoms with Crippen LogP contribution in [-0.2, 0) is 0 Å². The summed E-state index contributed by atoms with van der Waals surface area (Å²) in [6, 6.07) is 9.18. The van der Waals surface area contributed by atoms with Crippen molar-refractivity contribution in [2.24, 2.45) is 0 Å². The molecule has 102 valence electrons. The summed E-state index contributed by atoms with van der Waals surface area (Å²) in [5.41, 5.74) is 1.09. The van der Waals surface area contributed by atoms with Crippen molar-refractivity contribution in [3.63, 3.8) is 0 Å². The molecule has 2 rings (SSSR count). The Bertz CT molecular complexity index is 663. The van der Waals surface area contributed by atoms with Crippen LogP contribution < -0.4 is 15.4 Å². The largest absolute Gasteiger partial charge is 0.495 e. The molecule has 0 fully saturated rings. The average molecular weight is 269 g/mol. The number of nitrogens with zero attached hydrogens (tertiary/aromatic N) is 3. The van der Waals surface area contributed by atoms with Gasteiger partial charge in [0.1, 0.15) is 35.0 Å². The zero-order valence-electron chi connectivity index (χ0n) is 11.6. The van der Waals surface area contributed by atoms with E-state index in [4.69, 9.17) is 4.74 Å². The van der Waals surface area contributed by atoms with Crippen LogP contribution in [0.4, 0.5) is 17.3 Å². The SMILES string of the molecule is CNc1cc(Nc2c(C#N)cccc2OC)nc(C)n1. The van der Waals surface area contributed by atoms with E-state index in [-0.39, 0.29) is 0 Å². The molecule has 2 aromatic rings. The molecule has 6 heteroatoms. The second kappa shape index (κ2) is 5.89. The quantitative estimate of drug-likeness (QED) is 0.887. The number of nitrogens with one attached hydrogen (secondary N) is 2. The highest BCUT2D eigenvalue weighted by atomic mass is 16.5. The van der Waals surface area contributed by atoms with Gasteiger partial charge in [-0.2, -0.15) is 5.26 Å². The summed E-state index contributed by atoms with van der Waals surface area (Å²) in [6.07, 6.45) is 0. The number of hydrogen-bond acceptors (Lipinski definition) is 6. The molecule has 0 aliphatic heterocycles. The van der Waals surface area contributed by atoms with Gasteiger partial charge in [-0.15, -0.1) is 0 Å². The van der Waals surface area contributed by atoms with Crippen LogP contribution in [0.25, 0.3) is 0 Å². The highest BCUT2D eigenvalue weighted by Crippen LogP contribution is 2.30. The third-order valence-electron chi connectivity index (χ3n) is 2.71. The zero-order chi connectivity index (χ0) is 14.5. The molecule has 20 heavy (non-hydrogen) atoms. The van der Waals surface area contributed by atoms with Gasteiger partial charge in [0.05, 0.1) is 12.7 Å². The molecule has 2 N–H and O–H groups in total. The summed E-state index contributed by atoms with van der Waals surface area (Å²) in [6.45, 7) is 1.81. The topological polar surface area (TPSA) is 82.9 Å². The Labute approximate surface area is 117 Å². The van der Waals surface area contributed by atoms with Gasteiger partial charge in [0.15, 0.2) is 0 Å². The third-order valence-corrected chi connectivity index (χ3v) is 2.71. The smallest absolute Gasteiger partial charge is 0.143 e. The second-order valence-corrected chi connectivity index (χ2v) is 4.06. The van der Waals surface area contributed by atoms with Gasteiger partial charge in [0.2, 0.25) is 0 Å². The first-order valence-electron chi connectivity index (χ1n) is 6.05. The normalized spacial score (nSPS) is 9.70. The fourth-order valence-electron chi connectivity index (χ4n) is 1.81. The molecule has 6 nitrogen and oxygen atoms in total. The highest BCUT2D eigenvalue weighted by molar-refractivity contribution is 5.72. The molecular formula is C14H15N5O. The lowest BCUT2D eigenvalue weighted by Crippen LogP contribution is -2.03. The van der Waals surface area contributed by atoms with Crippen LogP contribution in [0.15, 0.2) is 24.3 Å². The van der Waals surface area contributed by atoms with Gasteiger partial charge in [0.25, 0.3) is 0 Å². The zero-order valence-corrected chi connectivity index (χ0v) is 11.6. The molecular weight excluding hydrogens is 254 g/mol. The number of methoxy groups -OCH3 is 1. The molecule has 0 saturated carbocycles. The van der Waals surface area contributed by atoms with Crippen molar-refractivity contribution in [3.8, 4) is 11.8 Å². The standard InChI is InChI=1S/C14H15N5O/c1-9-17-12(16-2)7-13(18-9)19-14-10(8-15)5-4-6-11(14)20-3/h4-7H,1-3H3,(H2,16,17,18,19). The molecule has 1 heterocycles. The van der Waals surface area contributed by atoms with Gasteiger partial charge in [-0.25, -0.2) is 9.97 Å². The molecule has 0 aliphatic rings. The van der Waals surface area contributed by atoms with Crippen molar-refractivity contribution in [2.45, 2.75) is 6.92 Å². The first-order chi connectivity index (χ1) is 9.67. The number of aromatic nitrogens is 2. The summed E-state index contributed by atoms with van der Waals surface area (Å²) in [4.78, 5) is 8.52. The maximum atomic E-state index is 9.18. The average Bonchev–Trinajstić information content (AvgIpc) is 2.46.